The van der Waals surface area contributed by atoms with Gasteiger partial charge in [-0.05, 0) is 61.8 Å². The number of hydrogen-bond donors (Lipinski definition) is 0. The number of imide groups is 1. The lowest BCUT2D eigenvalue weighted by Crippen LogP contribution is -2.39. The van der Waals surface area contributed by atoms with Crippen molar-refractivity contribution in [3.8, 4) is 12.8 Å². The fourth-order valence-electron chi connectivity index (χ4n) is 4.79. The topological polar surface area (TPSA) is 55.8 Å². The van der Waals surface area contributed by atoms with Gasteiger partial charge < -0.3 is 9.47 Å². The number of hydrogen-bond acceptors (Lipinski definition) is 4. The van der Waals surface area contributed by atoms with Crippen LogP contribution in [0.5, 0.6) is 0 Å². The summed E-state index contributed by atoms with van der Waals surface area (Å²) < 4.78 is 11.2. The van der Waals surface area contributed by atoms with Crippen LogP contribution < -0.4 is 0 Å². The maximum Gasteiger partial charge on any atom is 0.417 e. The van der Waals surface area contributed by atoms with E-state index < -0.39 is 12.1 Å². The van der Waals surface area contributed by atoms with Crippen LogP contribution in [0.2, 0.25) is 5.02 Å². The van der Waals surface area contributed by atoms with E-state index >= 15 is 0 Å². The molecule has 2 aliphatic heterocycles. The number of halogens is 1. The van der Waals surface area contributed by atoms with E-state index in [-0.39, 0.29) is 36.4 Å². The molecule has 2 fully saturated rings. The highest BCUT2D eigenvalue weighted by Gasteiger charge is 2.41. The summed E-state index contributed by atoms with van der Waals surface area (Å²) in [4.78, 5) is 27.2. The van der Waals surface area contributed by atoms with Crippen LogP contribution in [0.3, 0.4) is 0 Å². The van der Waals surface area contributed by atoms with Gasteiger partial charge in [-0.3, -0.25) is 4.79 Å². The lowest BCUT2D eigenvalue weighted by molar-refractivity contribution is -0.131. The fourth-order valence-corrected chi connectivity index (χ4v) is 4.92. The van der Waals surface area contributed by atoms with Gasteiger partial charge in [-0.2, -0.15) is 0 Å². The third kappa shape index (κ3) is 5.96. The molecule has 3 atom stereocenters. The van der Waals surface area contributed by atoms with Crippen molar-refractivity contribution < 1.29 is 19.1 Å². The molecule has 2 aromatic rings. The minimum absolute atomic E-state index is 0.0298. The molecule has 174 valence electrons. The van der Waals surface area contributed by atoms with E-state index in [4.69, 9.17) is 21.1 Å². The van der Waals surface area contributed by atoms with Crippen LogP contribution in [0.15, 0.2) is 54.6 Å². The zero-order valence-electron chi connectivity index (χ0n) is 19.1. The van der Waals surface area contributed by atoms with Gasteiger partial charge in [-0.15, -0.1) is 12.8 Å². The number of nitrogens with zero attached hydrogens (tertiary/aromatic N) is 1. The van der Waals surface area contributed by atoms with Crippen LogP contribution in [-0.4, -0.2) is 35.7 Å². The third-order valence-corrected chi connectivity index (χ3v) is 6.58. The summed E-state index contributed by atoms with van der Waals surface area (Å²) in [6.45, 7) is 5.02. The Labute approximate surface area is 201 Å². The zero-order chi connectivity index (χ0) is 24.0. The molecule has 2 aliphatic rings. The maximum absolute atomic E-state index is 13.5. The first-order chi connectivity index (χ1) is 15.8. The second-order valence-electron chi connectivity index (χ2n) is 8.99. The summed E-state index contributed by atoms with van der Waals surface area (Å²) in [5.41, 5.74) is 1.72. The molecule has 4 rings (SSSR count). The molecule has 1 unspecified atom stereocenters. The fraction of sp³-hybridized carbons (Fsp3) is 0.407. The Morgan fingerprint density at radius 3 is 2.45 bits per heavy atom. The van der Waals surface area contributed by atoms with Gasteiger partial charge in [0.2, 0.25) is 5.91 Å². The van der Waals surface area contributed by atoms with Gasteiger partial charge in [0.1, 0.15) is 12.6 Å². The van der Waals surface area contributed by atoms with Crippen molar-refractivity contribution >= 4 is 23.6 Å². The van der Waals surface area contributed by atoms with Crippen LogP contribution >= 0.6 is 11.6 Å². The number of ether oxygens (including phenoxy) is 2. The Balaban J connectivity index is 0.00000149. The van der Waals surface area contributed by atoms with Crippen LogP contribution in [-0.2, 0) is 14.3 Å². The number of carbonyl (C=O) groups is 2. The summed E-state index contributed by atoms with van der Waals surface area (Å²) >= 11 is 6.11. The number of carbonyl (C=O) groups excluding carboxylic acids is 2. The van der Waals surface area contributed by atoms with E-state index in [1.54, 1.807) is 0 Å². The SMILES string of the molecule is C#C.CC1(C)C[C@H](C(CC(=O)N2C(=O)OC[C@H]2c2ccccc2)c2ccc(Cl)cc2)CCO1. The normalized spacial score (nSPS) is 22.6. The molecule has 2 heterocycles. The molecule has 0 aromatic heterocycles. The summed E-state index contributed by atoms with van der Waals surface area (Å²) in [5.74, 6) is 0.0287. The highest BCUT2D eigenvalue weighted by atomic mass is 35.5. The first kappa shape index (κ1) is 24.8. The van der Waals surface area contributed by atoms with Crippen LogP contribution in [0.1, 0.15) is 56.2 Å². The van der Waals surface area contributed by atoms with Crippen molar-refractivity contribution in [3.05, 3.63) is 70.7 Å². The van der Waals surface area contributed by atoms with Crippen molar-refractivity contribution in [2.75, 3.05) is 13.2 Å². The van der Waals surface area contributed by atoms with E-state index in [0.717, 1.165) is 24.0 Å². The predicted molar refractivity (Wildman–Crippen MR) is 129 cm³/mol. The van der Waals surface area contributed by atoms with Gasteiger partial charge in [-0.25, -0.2) is 9.69 Å². The Hall–Kier alpha value is -2.81. The molecule has 2 amide bonds. The lowest BCUT2D eigenvalue weighted by atomic mass is 9.75. The summed E-state index contributed by atoms with van der Waals surface area (Å²) in [6.07, 6.45) is 9.39. The largest absolute Gasteiger partial charge is 0.446 e. The van der Waals surface area contributed by atoms with Crippen molar-refractivity contribution in [3.63, 3.8) is 0 Å². The minimum atomic E-state index is -0.569. The van der Waals surface area contributed by atoms with E-state index in [2.05, 4.69) is 26.7 Å². The molecule has 33 heavy (non-hydrogen) atoms. The molecular formula is C27H30ClNO4. The predicted octanol–water partition coefficient (Wildman–Crippen LogP) is 5.99. The van der Waals surface area contributed by atoms with Crippen molar-refractivity contribution in [2.45, 2.75) is 50.7 Å². The molecular weight excluding hydrogens is 438 g/mol. The molecule has 5 nitrogen and oxygen atoms in total. The van der Waals surface area contributed by atoms with Gasteiger partial charge >= 0.3 is 6.09 Å². The highest BCUT2D eigenvalue weighted by Crippen LogP contribution is 2.41. The monoisotopic (exact) mass is 467 g/mol. The molecule has 2 aromatic carbocycles. The van der Waals surface area contributed by atoms with Gasteiger partial charge in [0, 0.05) is 18.1 Å². The Bertz CT molecular complexity index is 971. The first-order valence-corrected chi connectivity index (χ1v) is 11.5. The second-order valence-corrected chi connectivity index (χ2v) is 9.43. The van der Waals surface area contributed by atoms with Crippen molar-refractivity contribution in [1.29, 1.82) is 0 Å². The molecule has 0 spiro atoms. The molecule has 2 saturated heterocycles. The first-order valence-electron chi connectivity index (χ1n) is 11.1. The minimum Gasteiger partial charge on any atom is -0.446 e. The number of terminal acetylenes is 1. The molecule has 0 bridgehead atoms. The number of cyclic esters (lactones) is 1. The Kier molecular flexibility index (Phi) is 8.18. The maximum atomic E-state index is 13.5. The Morgan fingerprint density at radius 2 is 1.82 bits per heavy atom. The van der Waals surface area contributed by atoms with Gasteiger partial charge in [0.15, 0.2) is 0 Å². The summed E-state index contributed by atoms with van der Waals surface area (Å²) in [5, 5.41) is 0.661. The van der Waals surface area contributed by atoms with Crippen molar-refractivity contribution in [2.24, 2.45) is 5.92 Å². The number of rotatable bonds is 5. The molecule has 0 aliphatic carbocycles. The smallest absolute Gasteiger partial charge is 0.417 e. The number of benzene rings is 2. The van der Waals surface area contributed by atoms with Gasteiger partial charge in [-0.1, -0.05) is 54.1 Å². The van der Waals surface area contributed by atoms with Crippen molar-refractivity contribution in [1.82, 2.24) is 4.90 Å². The van der Waals surface area contributed by atoms with Gasteiger partial charge in [0.25, 0.3) is 0 Å². The van der Waals surface area contributed by atoms with Crippen LogP contribution in [0.4, 0.5) is 4.79 Å². The summed E-state index contributed by atoms with van der Waals surface area (Å²) in [6, 6.07) is 16.9. The van der Waals surface area contributed by atoms with E-state index in [0.29, 0.717) is 11.6 Å². The van der Waals surface area contributed by atoms with E-state index in [1.807, 2.05) is 54.6 Å². The number of amides is 2. The lowest BCUT2D eigenvalue weighted by Gasteiger charge is -2.39. The molecule has 0 N–H and O–H groups in total. The van der Waals surface area contributed by atoms with Crippen LogP contribution in [0, 0.1) is 18.8 Å². The van der Waals surface area contributed by atoms with Crippen LogP contribution in [0.25, 0.3) is 0 Å². The quantitative estimate of drug-likeness (QED) is 0.507. The molecule has 0 saturated carbocycles. The van der Waals surface area contributed by atoms with E-state index in [9.17, 15) is 9.59 Å². The molecule has 6 heteroatoms. The molecule has 0 radical (unpaired) electrons. The van der Waals surface area contributed by atoms with Gasteiger partial charge in [0.05, 0.1) is 5.60 Å². The standard InChI is InChI=1S/C25H28ClNO4.C2H2/c1-25(2)15-19(12-13-31-25)21(17-8-10-20(26)11-9-17)14-23(28)27-22(16-30-24(27)29)18-6-4-3-5-7-18;1-2/h3-11,19,21-22H,12-16H2,1-2H3;1-2H/t19-,21?,22+;/m1./s1. The average molecular weight is 468 g/mol. The van der Waals surface area contributed by atoms with E-state index in [1.165, 1.54) is 4.90 Å². The zero-order valence-corrected chi connectivity index (χ0v) is 19.8. The average Bonchev–Trinajstić information content (AvgIpc) is 3.21. The summed E-state index contributed by atoms with van der Waals surface area (Å²) in [7, 11) is 0. The Morgan fingerprint density at radius 1 is 1.15 bits per heavy atom. The highest BCUT2D eigenvalue weighted by molar-refractivity contribution is 6.30. The third-order valence-electron chi connectivity index (χ3n) is 6.32. The second kappa shape index (κ2) is 10.9.